The Balaban J connectivity index is 2.32. The molecule has 2 rings (SSSR count). The maximum atomic E-state index is 5.43. The van der Waals surface area contributed by atoms with Crippen molar-refractivity contribution in [1.29, 1.82) is 0 Å². The molecule has 6 nitrogen and oxygen atoms in total. The molecule has 0 N–H and O–H groups in total. The summed E-state index contributed by atoms with van der Waals surface area (Å²) < 4.78 is 23.1. The van der Waals surface area contributed by atoms with Crippen LogP contribution in [-0.4, -0.2) is 52.1 Å². The smallest absolute Gasteiger partial charge is 0.207 e. The lowest BCUT2D eigenvalue weighted by Gasteiger charge is -2.06. The quantitative estimate of drug-likeness (QED) is 0.414. The fourth-order valence-electron chi connectivity index (χ4n) is 2.35. The van der Waals surface area contributed by atoms with Gasteiger partial charge in [0.25, 0.3) is 0 Å². The molecule has 0 saturated heterocycles. The Morgan fingerprint density at radius 3 is 1.85 bits per heavy atom. The van der Waals surface area contributed by atoms with Crippen molar-refractivity contribution in [3.05, 3.63) is 47.5 Å². The Kier molecular flexibility index (Phi) is 7.02. The van der Waals surface area contributed by atoms with Crippen LogP contribution in [0.3, 0.4) is 0 Å². The summed E-state index contributed by atoms with van der Waals surface area (Å²) in [7, 11) is 6.51. The Labute approximate surface area is 154 Å². The molecule has 0 heterocycles. The molecule has 0 unspecified atom stereocenters. The van der Waals surface area contributed by atoms with E-state index in [-0.39, 0.29) is 0 Å². The van der Waals surface area contributed by atoms with Gasteiger partial charge in [-0.15, -0.1) is 0 Å². The van der Waals surface area contributed by atoms with Crippen LogP contribution >= 0.6 is 0 Å². The van der Waals surface area contributed by atoms with E-state index in [1.165, 1.54) is 0 Å². The monoisotopic (exact) mass is 357 g/mol. The van der Waals surface area contributed by atoms with E-state index in [4.69, 9.17) is 18.9 Å². The van der Waals surface area contributed by atoms with Crippen LogP contribution in [0.4, 0.5) is 0 Å². The molecule has 0 aliphatic rings. The lowest BCUT2D eigenvalue weighted by atomic mass is 10.2. The van der Waals surface area contributed by atoms with E-state index in [2.05, 4.69) is 5.10 Å². The number of benzene rings is 2. The first kappa shape index (κ1) is 19.3. The molecule has 0 aliphatic carbocycles. The van der Waals surface area contributed by atoms with Crippen molar-refractivity contribution in [2.75, 3.05) is 35.0 Å². The molecule has 0 saturated carbocycles. The van der Waals surface area contributed by atoms with E-state index in [9.17, 15) is 0 Å². The standard InChI is InChI=1S/C20H25N2O4/c1-6-22(14-16-8-10-18(24-3)12-20(16)26-5)21-13-15-7-9-17(23-2)11-19(15)25-4/h7-14H,6H2,1-5H3/q+1/b21-13-,22-14+. The van der Waals surface area contributed by atoms with E-state index >= 15 is 0 Å². The average Bonchev–Trinajstić information content (AvgIpc) is 2.70. The van der Waals surface area contributed by atoms with Crippen molar-refractivity contribution >= 4 is 12.4 Å². The van der Waals surface area contributed by atoms with Crippen molar-refractivity contribution in [3.8, 4) is 23.0 Å². The zero-order valence-electron chi connectivity index (χ0n) is 15.9. The highest BCUT2D eigenvalue weighted by molar-refractivity contribution is 5.84. The Bertz CT molecular complexity index is 800. The predicted octanol–water partition coefficient (Wildman–Crippen LogP) is 3.21. The topological polar surface area (TPSA) is 52.3 Å². The molecule has 0 aliphatic heterocycles. The van der Waals surface area contributed by atoms with Gasteiger partial charge in [-0.25, -0.2) is 0 Å². The maximum Gasteiger partial charge on any atom is 0.207 e. The van der Waals surface area contributed by atoms with Crippen molar-refractivity contribution in [1.82, 2.24) is 0 Å². The third kappa shape index (κ3) is 4.75. The first-order valence-corrected chi connectivity index (χ1v) is 8.24. The predicted molar refractivity (Wildman–Crippen MR) is 103 cm³/mol. The Hall–Kier alpha value is -3.02. The lowest BCUT2D eigenvalue weighted by Crippen LogP contribution is -2.08. The number of hydrogen-bond donors (Lipinski definition) is 0. The van der Waals surface area contributed by atoms with Gasteiger partial charge in [0.15, 0.2) is 6.54 Å². The average molecular weight is 357 g/mol. The van der Waals surface area contributed by atoms with E-state index in [0.29, 0.717) is 12.3 Å². The summed E-state index contributed by atoms with van der Waals surface area (Å²) in [4.78, 5) is 0. The van der Waals surface area contributed by atoms with Crippen LogP contribution < -0.4 is 18.9 Å². The number of hydrogen-bond acceptors (Lipinski definition) is 5. The molecule has 0 amide bonds. The molecule has 138 valence electrons. The lowest BCUT2D eigenvalue weighted by molar-refractivity contribution is -0.524. The summed E-state index contributed by atoms with van der Waals surface area (Å²) in [5.74, 6) is 2.90. The fourth-order valence-corrected chi connectivity index (χ4v) is 2.35. The van der Waals surface area contributed by atoms with Gasteiger partial charge >= 0.3 is 0 Å². The zero-order valence-corrected chi connectivity index (χ0v) is 15.9. The van der Waals surface area contributed by atoms with Crippen LogP contribution in [0.2, 0.25) is 0 Å². The third-order valence-corrected chi connectivity index (χ3v) is 3.84. The highest BCUT2D eigenvalue weighted by Crippen LogP contribution is 2.24. The van der Waals surface area contributed by atoms with Crippen LogP contribution in [0.25, 0.3) is 0 Å². The van der Waals surface area contributed by atoms with Crippen LogP contribution in [0.1, 0.15) is 18.1 Å². The second-order valence-electron chi connectivity index (χ2n) is 5.35. The Morgan fingerprint density at radius 2 is 1.35 bits per heavy atom. The van der Waals surface area contributed by atoms with Gasteiger partial charge in [-0.2, -0.15) is 0 Å². The summed E-state index contributed by atoms with van der Waals surface area (Å²) >= 11 is 0. The second kappa shape index (κ2) is 9.46. The first-order chi connectivity index (χ1) is 12.6. The largest absolute Gasteiger partial charge is 0.497 e. The summed E-state index contributed by atoms with van der Waals surface area (Å²) in [6.45, 7) is 2.72. The van der Waals surface area contributed by atoms with Crippen LogP contribution in [0.5, 0.6) is 23.0 Å². The van der Waals surface area contributed by atoms with Crippen LogP contribution in [0.15, 0.2) is 41.5 Å². The molecule has 0 atom stereocenters. The molecule has 0 fully saturated rings. The minimum Gasteiger partial charge on any atom is -0.497 e. The van der Waals surface area contributed by atoms with Gasteiger partial charge in [-0.3, -0.25) is 0 Å². The summed E-state index contributed by atoms with van der Waals surface area (Å²) in [5, 5.41) is 4.53. The van der Waals surface area contributed by atoms with Crippen molar-refractivity contribution in [2.45, 2.75) is 6.92 Å². The normalized spacial score (nSPS) is 11.5. The van der Waals surface area contributed by atoms with Crippen molar-refractivity contribution in [3.63, 3.8) is 0 Å². The van der Waals surface area contributed by atoms with Gasteiger partial charge in [0.05, 0.1) is 34.0 Å². The molecule has 0 radical (unpaired) electrons. The van der Waals surface area contributed by atoms with Gasteiger partial charge in [0.2, 0.25) is 6.21 Å². The number of ether oxygens (including phenoxy) is 4. The minimum atomic E-state index is 0.699. The van der Waals surface area contributed by atoms with Crippen molar-refractivity contribution in [2.24, 2.45) is 5.10 Å². The fraction of sp³-hybridized carbons (Fsp3) is 0.300. The summed E-state index contributed by atoms with van der Waals surface area (Å²) in [6, 6.07) is 11.3. The molecule has 6 heteroatoms. The van der Waals surface area contributed by atoms with Gasteiger partial charge in [-0.05, 0) is 36.3 Å². The Morgan fingerprint density at radius 1 is 0.808 bits per heavy atom. The van der Waals surface area contributed by atoms with E-state index in [1.54, 1.807) is 34.7 Å². The van der Waals surface area contributed by atoms with Gasteiger partial charge in [0, 0.05) is 17.7 Å². The van der Waals surface area contributed by atoms with Gasteiger partial charge in [-0.1, -0.05) is 4.68 Å². The summed E-state index contributed by atoms with van der Waals surface area (Å²) in [5.41, 5.74) is 1.77. The summed E-state index contributed by atoms with van der Waals surface area (Å²) in [6.07, 6.45) is 3.68. The molecule has 0 aromatic heterocycles. The van der Waals surface area contributed by atoms with Crippen molar-refractivity contribution < 1.29 is 23.6 Å². The number of methoxy groups -OCH3 is 4. The number of rotatable bonds is 8. The van der Waals surface area contributed by atoms with Gasteiger partial charge in [0.1, 0.15) is 29.2 Å². The highest BCUT2D eigenvalue weighted by Gasteiger charge is 2.09. The molecule has 0 bridgehead atoms. The molecule has 2 aromatic carbocycles. The third-order valence-electron chi connectivity index (χ3n) is 3.84. The molecular weight excluding hydrogens is 332 g/mol. The molecule has 2 aromatic rings. The van der Waals surface area contributed by atoms with Crippen LogP contribution in [0, 0.1) is 0 Å². The zero-order chi connectivity index (χ0) is 18.9. The number of nitrogens with zero attached hydrogens (tertiary/aromatic N) is 2. The molecule has 0 spiro atoms. The first-order valence-electron chi connectivity index (χ1n) is 8.24. The SMILES string of the molecule is CC[N+](=C\c1ccc(OC)cc1OC)/N=C\c1ccc(OC)cc1OC. The molecule has 26 heavy (non-hydrogen) atoms. The van der Waals surface area contributed by atoms with E-state index in [1.807, 2.05) is 54.2 Å². The second-order valence-corrected chi connectivity index (χ2v) is 5.35. The van der Waals surface area contributed by atoms with E-state index in [0.717, 1.165) is 28.4 Å². The van der Waals surface area contributed by atoms with E-state index < -0.39 is 0 Å². The maximum absolute atomic E-state index is 5.43. The molecular formula is C20H25N2O4+. The highest BCUT2D eigenvalue weighted by atomic mass is 16.5. The van der Waals surface area contributed by atoms with Gasteiger partial charge < -0.3 is 18.9 Å². The number of hydrazone groups is 1. The minimum absolute atomic E-state index is 0.699. The van der Waals surface area contributed by atoms with Crippen LogP contribution in [-0.2, 0) is 0 Å².